The zero-order chi connectivity index (χ0) is 14.7. The minimum Gasteiger partial charge on any atom is -0.292 e. The maximum absolute atomic E-state index is 13.3. The monoisotopic (exact) mass is 338 g/mol. The van der Waals surface area contributed by atoms with Gasteiger partial charge in [-0.25, -0.2) is 4.39 Å². The van der Waals surface area contributed by atoms with Gasteiger partial charge in [-0.2, -0.15) is 5.10 Å². The van der Waals surface area contributed by atoms with Crippen LogP contribution in [0.3, 0.4) is 0 Å². The first-order valence-electron chi connectivity index (χ1n) is 6.58. The van der Waals surface area contributed by atoms with Crippen LogP contribution in [-0.2, 0) is 19.4 Å². The molecule has 1 aromatic carbocycles. The third kappa shape index (κ3) is 3.33. The van der Waals surface area contributed by atoms with E-state index >= 15 is 0 Å². The number of Topliss-reactive ketones (excluding diaryl/α,β-unsaturated/α-hetero) is 1. The van der Waals surface area contributed by atoms with Crippen molar-refractivity contribution in [1.82, 2.24) is 9.78 Å². The quantitative estimate of drug-likeness (QED) is 0.777. The minimum atomic E-state index is -0.347. The average Bonchev–Trinajstić information content (AvgIpc) is 2.80. The Bertz CT molecular complexity index is 617. The second-order valence-electron chi connectivity index (χ2n) is 4.57. The van der Waals surface area contributed by atoms with Gasteiger partial charge >= 0.3 is 0 Å². The Morgan fingerprint density at radius 2 is 2.05 bits per heavy atom. The number of aryl methyl sites for hydroxylation is 2. The number of rotatable bonds is 5. The van der Waals surface area contributed by atoms with E-state index in [0.717, 1.165) is 12.1 Å². The number of halogens is 2. The number of carbonyl (C=O) groups excluding carboxylic acids is 1. The van der Waals surface area contributed by atoms with Crippen LogP contribution < -0.4 is 0 Å². The Morgan fingerprint density at radius 3 is 2.65 bits per heavy atom. The molecule has 0 spiro atoms. The third-order valence-corrected chi connectivity index (χ3v) is 3.52. The molecule has 106 valence electrons. The Labute approximate surface area is 125 Å². The normalized spacial score (nSPS) is 10.8. The fourth-order valence-electron chi connectivity index (χ4n) is 2.10. The molecule has 1 aromatic heterocycles. The predicted molar refractivity (Wildman–Crippen MR) is 79.4 cm³/mol. The third-order valence-electron chi connectivity index (χ3n) is 3.07. The fraction of sp³-hybridized carbons (Fsp3) is 0.333. The standard InChI is InChI=1S/C15H16BrFN2O/c1-3-13-9-14(19(4-2)18-13)15(20)7-10-5-11(16)8-12(17)6-10/h5-6,8-9H,3-4,7H2,1-2H3. The van der Waals surface area contributed by atoms with Gasteiger partial charge in [0.1, 0.15) is 11.5 Å². The molecule has 0 fully saturated rings. The van der Waals surface area contributed by atoms with E-state index in [-0.39, 0.29) is 18.0 Å². The maximum atomic E-state index is 13.3. The van der Waals surface area contributed by atoms with Crippen LogP contribution in [0, 0.1) is 5.82 Å². The molecule has 20 heavy (non-hydrogen) atoms. The summed E-state index contributed by atoms with van der Waals surface area (Å²) in [6.45, 7) is 4.59. The molecule has 0 bridgehead atoms. The van der Waals surface area contributed by atoms with Gasteiger partial charge in [0, 0.05) is 17.4 Å². The molecule has 3 nitrogen and oxygen atoms in total. The number of aromatic nitrogens is 2. The van der Waals surface area contributed by atoms with Crippen LogP contribution in [0.25, 0.3) is 0 Å². The molecule has 0 saturated heterocycles. The molecule has 0 unspecified atom stereocenters. The zero-order valence-corrected chi connectivity index (χ0v) is 13.1. The zero-order valence-electron chi connectivity index (χ0n) is 11.5. The first-order valence-corrected chi connectivity index (χ1v) is 7.37. The van der Waals surface area contributed by atoms with Gasteiger partial charge in [-0.1, -0.05) is 22.9 Å². The van der Waals surface area contributed by atoms with E-state index < -0.39 is 0 Å². The molecule has 0 saturated carbocycles. The van der Waals surface area contributed by atoms with Crippen LogP contribution in [-0.4, -0.2) is 15.6 Å². The topological polar surface area (TPSA) is 34.9 Å². The largest absolute Gasteiger partial charge is 0.292 e. The molecule has 0 amide bonds. The van der Waals surface area contributed by atoms with E-state index in [0.29, 0.717) is 22.3 Å². The summed E-state index contributed by atoms with van der Waals surface area (Å²) in [7, 11) is 0. The summed E-state index contributed by atoms with van der Waals surface area (Å²) < 4.78 is 15.7. The number of hydrogen-bond acceptors (Lipinski definition) is 2. The van der Waals surface area contributed by atoms with Gasteiger partial charge in [0.15, 0.2) is 5.78 Å². The van der Waals surface area contributed by atoms with Gasteiger partial charge < -0.3 is 0 Å². The summed E-state index contributed by atoms with van der Waals surface area (Å²) in [6, 6.07) is 6.34. The van der Waals surface area contributed by atoms with E-state index in [1.54, 1.807) is 10.7 Å². The van der Waals surface area contributed by atoms with Gasteiger partial charge in [0.25, 0.3) is 0 Å². The van der Waals surface area contributed by atoms with E-state index in [1.807, 2.05) is 19.9 Å². The van der Waals surface area contributed by atoms with Crippen molar-refractivity contribution in [2.75, 3.05) is 0 Å². The molecule has 0 radical (unpaired) electrons. The summed E-state index contributed by atoms with van der Waals surface area (Å²) in [6.07, 6.45) is 0.962. The minimum absolute atomic E-state index is 0.0449. The number of benzene rings is 1. The van der Waals surface area contributed by atoms with Gasteiger partial charge in [0.2, 0.25) is 0 Å². The Morgan fingerprint density at radius 1 is 1.30 bits per heavy atom. The molecule has 0 aliphatic heterocycles. The fourth-order valence-corrected chi connectivity index (χ4v) is 2.61. The molecule has 5 heteroatoms. The second-order valence-corrected chi connectivity index (χ2v) is 5.48. The molecule has 0 N–H and O–H groups in total. The van der Waals surface area contributed by atoms with Crippen LogP contribution >= 0.6 is 15.9 Å². The highest BCUT2D eigenvalue weighted by Crippen LogP contribution is 2.17. The average molecular weight is 339 g/mol. The van der Waals surface area contributed by atoms with Crippen molar-refractivity contribution in [3.05, 3.63) is 51.5 Å². The molecule has 0 aliphatic carbocycles. The number of nitrogens with zero attached hydrogens (tertiary/aromatic N) is 2. The lowest BCUT2D eigenvalue weighted by molar-refractivity contribution is 0.0982. The van der Waals surface area contributed by atoms with Crippen molar-refractivity contribution in [1.29, 1.82) is 0 Å². The van der Waals surface area contributed by atoms with Crippen molar-refractivity contribution in [2.24, 2.45) is 0 Å². The Balaban J connectivity index is 2.25. The highest BCUT2D eigenvalue weighted by atomic mass is 79.9. The molecular weight excluding hydrogens is 323 g/mol. The lowest BCUT2D eigenvalue weighted by atomic mass is 10.1. The lowest BCUT2D eigenvalue weighted by Gasteiger charge is -2.05. The molecule has 1 heterocycles. The highest BCUT2D eigenvalue weighted by Gasteiger charge is 2.15. The molecule has 2 rings (SSSR count). The predicted octanol–water partition coefficient (Wildman–Crippen LogP) is 3.79. The van der Waals surface area contributed by atoms with E-state index in [9.17, 15) is 9.18 Å². The Hall–Kier alpha value is -1.49. The van der Waals surface area contributed by atoms with Crippen LogP contribution in [0.5, 0.6) is 0 Å². The summed E-state index contributed by atoms with van der Waals surface area (Å²) in [5.41, 5.74) is 2.14. The summed E-state index contributed by atoms with van der Waals surface area (Å²) >= 11 is 3.23. The second kappa shape index (κ2) is 6.31. The maximum Gasteiger partial charge on any atom is 0.185 e. The SMILES string of the molecule is CCc1cc(C(=O)Cc2cc(F)cc(Br)c2)n(CC)n1. The van der Waals surface area contributed by atoms with Gasteiger partial charge in [0.05, 0.1) is 5.69 Å². The number of hydrogen-bond donors (Lipinski definition) is 0. The molecule has 0 aliphatic rings. The van der Waals surface area contributed by atoms with Crippen molar-refractivity contribution in [3.8, 4) is 0 Å². The summed E-state index contributed by atoms with van der Waals surface area (Å²) in [5.74, 6) is -0.392. The van der Waals surface area contributed by atoms with Gasteiger partial charge in [-0.3, -0.25) is 9.48 Å². The van der Waals surface area contributed by atoms with E-state index in [1.165, 1.54) is 12.1 Å². The van der Waals surface area contributed by atoms with E-state index in [4.69, 9.17) is 0 Å². The number of carbonyl (C=O) groups is 1. The van der Waals surface area contributed by atoms with Crippen LogP contribution in [0.4, 0.5) is 4.39 Å². The first-order chi connectivity index (χ1) is 9.53. The van der Waals surface area contributed by atoms with Gasteiger partial charge in [-0.05, 0) is 43.2 Å². The lowest BCUT2D eigenvalue weighted by Crippen LogP contribution is -2.11. The molecular formula is C15H16BrFN2O. The first kappa shape index (κ1) is 14.9. The molecule has 0 atom stereocenters. The van der Waals surface area contributed by atoms with Crippen molar-refractivity contribution in [3.63, 3.8) is 0 Å². The highest BCUT2D eigenvalue weighted by molar-refractivity contribution is 9.10. The summed E-state index contributed by atoms with van der Waals surface area (Å²) in [5, 5.41) is 4.36. The van der Waals surface area contributed by atoms with Crippen molar-refractivity contribution >= 4 is 21.7 Å². The van der Waals surface area contributed by atoms with Crippen LogP contribution in [0.1, 0.15) is 35.6 Å². The van der Waals surface area contributed by atoms with Crippen LogP contribution in [0.15, 0.2) is 28.7 Å². The van der Waals surface area contributed by atoms with Crippen molar-refractivity contribution < 1.29 is 9.18 Å². The van der Waals surface area contributed by atoms with Crippen LogP contribution in [0.2, 0.25) is 0 Å². The molecule has 2 aromatic rings. The smallest absolute Gasteiger partial charge is 0.185 e. The Kier molecular flexibility index (Phi) is 4.70. The van der Waals surface area contributed by atoms with Gasteiger partial charge in [-0.15, -0.1) is 0 Å². The van der Waals surface area contributed by atoms with Crippen molar-refractivity contribution in [2.45, 2.75) is 33.2 Å². The number of ketones is 1. The summed E-state index contributed by atoms with van der Waals surface area (Å²) in [4.78, 5) is 12.3. The van der Waals surface area contributed by atoms with E-state index in [2.05, 4.69) is 21.0 Å².